The van der Waals surface area contributed by atoms with Gasteiger partial charge in [-0.2, -0.15) is 5.10 Å². The zero-order valence-corrected chi connectivity index (χ0v) is 8.10. The van der Waals surface area contributed by atoms with Crippen LogP contribution in [-0.4, -0.2) is 31.2 Å². The molecule has 7 heteroatoms. The van der Waals surface area contributed by atoms with Gasteiger partial charge in [0.15, 0.2) is 5.65 Å². The number of nitrogens with zero attached hydrogens (tertiary/aromatic N) is 2. The van der Waals surface area contributed by atoms with Crippen molar-refractivity contribution < 1.29 is 9.90 Å². The highest BCUT2D eigenvalue weighted by atomic mass is 16.4. The van der Waals surface area contributed by atoms with Gasteiger partial charge in [0.2, 0.25) is 0 Å². The minimum absolute atomic E-state index is 0.112. The molecule has 0 fully saturated rings. The zero-order chi connectivity index (χ0) is 11.5. The number of nitrogens with one attached hydrogen (secondary N) is 2. The summed E-state index contributed by atoms with van der Waals surface area (Å²) in [5, 5.41) is 15.2. The van der Waals surface area contributed by atoms with E-state index in [4.69, 9.17) is 5.11 Å². The van der Waals surface area contributed by atoms with Crippen molar-refractivity contribution in [2.75, 3.05) is 0 Å². The SMILES string of the molecule is O=C(O)CC=Cc1[nH]nc2nc[nH]c(=O)c12. The van der Waals surface area contributed by atoms with E-state index in [1.54, 1.807) is 0 Å². The van der Waals surface area contributed by atoms with Crippen LogP contribution >= 0.6 is 0 Å². The van der Waals surface area contributed by atoms with Crippen LogP contribution in [0.1, 0.15) is 12.1 Å². The second kappa shape index (κ2) is 3.97. The predicted octanol–water partition coefficient (Wildman–Crippen LogP) is 0.134. The van der Waals surface area contributed by atoms with Gasteiger partial charge in [-0.05, 0) is 6.08 Å². The largest absolute Gasteiger partial charge is 0.481 e. The fourth-order valence-corrected chi connectivity index (χ4v) is 1.29. The molecule has 0 atom stereocenters. The Morgan fingerprint density at radius 3 is 3.12 bits per heavy atom. The van der Waals surface area contributed by atoms with Crippen LogP contribution in [0.2, 0.25) is 0 Å². The number of carboxylic acids is 1. The number of hydrogen-bond acceptors (Lipinski definition) is 4. The standard InChI is InChI=1S/C9H8N4O3/c14-6(15)3-1-2-5-7-8(13-12-5)10-4-11-9(7)16/h1-2,4H,3H2,(H,14,15)(H2,10,11,12,13,16). The van der Waals surface area contributed by atoms with Crippen molar-refractivity contribution in [1.29, 1.82) is 0 Å². The summed E-state index contributed by atoms with van der Waals surface area (Å²) in [4.78, 5) is 28.0. The second-order valence-corrected chi connectivity index (χ2v) is 3.07. The van der Waals surface area contributed by atoms with Crippen LogP contribution in [0.3, 0.4) is 0 Å². The third-order valence-corrected chi connectivity index (χ3v) is 1.96. The second-order valence-electron chi connectivity index (χ2n) is 3.07. The highest BCUT2D eigenvalue weighted by molar-refractivity contribution is 5.83. The van der Waals surface area contributed by atoms with E-state index in [0.717, 1.165) is 0 Å². The number of carboxylic acid groups (broad SMARTS) is 1. The number of aromatic amines is 2. The number of carbonyl (C=O) groups is 1. The number of hydrogen-bond donors (Lipinski definition) is 3. The van der Waals surface area contributed by atoms with Gasteiger partial charge in [0.05, 0.1) is 18.4 Å². The quantitative estimate of drug-likeness (QED) is 0.680. The predicted molar refractivity (Wildman–Crippen MR) is 55.8 cm³/mol. The molecule has 82 valence electrons. The first-order chi connectivity index (χ1) is 7.68. The maximum atomic E-state index is 11.5. The van der Waals surface area contributed by atoms with Crippen molar-refractivity contribution in [3.8, 4) is 0 Å². The fourth-order valence-electron chi connectivity index (χ4n) is 1.29. The van der Waals surface area contributed by atoms with Gasteiger partial charge in [0.1, 0.15) is 5.39 Å². The summed E-state index contributed by atoms with van der Waals surface area (Å²) in [5.41, 5.74) is 0.443. The molecule has 16 heavy (non-hydrogen) atoms. The Morgan fingerprint density at radius 1 is 1.56 bits per heavy atom. The molecule has 0 amide bonds. The van der Waals surface area contributed by atoms with Gasteiger partial charge in [-0.25, -0.2) is 4.98 Å². The maximum absolute atomic E-state index is 11.5. The van der Waals surface area contributed by atoms with Crippen LogP contribution < -0.4 is 5.56 Å². The molecule has 0 aromatic carbocycles. The van der Waals surface area contributed by atoms with Gasteiger partial charge in [0.25, 0.3) is 5.56 Å². The van der Waals surface area contributed by atoms with Gasteiger partial charge in [0, 0.05) is 0 Å². The molecule has 0 aliphatic heterocycles. The first-order valence-electron chi connectivity index (χ1n) is 4.48. The van der Waals surface area contributed by atoms with E-state index in [0.29, 0.717) is 16.7 Å². The minimum atomic E-state index is -0.938. The van der Waals surface area contributed by atoms with Gasteiger partial charge >= 0.3 is 5.97 Å². The Morgan fingerprint density at radius 2 is 2.38 bits per heavy atom. The van der Waals surface area contributed by atoms with Crippen molar-refractivity contribution in [1.82, 2.24) is 20.2 Å². The monoisotopic (exact) mass is 220 g/mol. The van der Waals surface area contributed by atoms with E-state index >= 15 is 0 Å². The molecule has 0 saturated heterocycles. The molecular weight excluding hydrogens is 212 g/mol. The van der Waals surface area contributed by atoms with E-state index in [2.05, 4.69) is 20.2 Å². The number of aliphatic carboxylic acids is 1. The topological polar surface area (TPSA) is 112 Å². The van der Waals surface area contributed by atoms with Crippen LogP contribution in [0.4, 0.5) is 0 Å². The summed E-state index contributed by atoms with van der Waals surface area (Å²) in [5.74, 6) is -0.938. The first-order valence-corrected chi connectivity index (χ1v) is 4.48. The molecule has 0 unspecified atom stereocenters. The molecule has 2 aromatic rings. The number of H-pyrrole nitrogens is 2. The van der Waals surface area contributed by atoms with Crippen molar-refractivity contribution in [2.24, 2.45) is 0 Å². The molecule has 0 aliphatic carbocycles. The molecule has 2 rings (SSSR count). The Kier molecular flexibility index (Phi) is 2.50. The smallest absolute Gasteiger partial charge is 0.307 e. The van der Waals surface area contributed by atoms with Gasteiger partial charge in [-0.3, -0.25) is 14.7 Å². The lowest BCUT2D eigenvalue weighted by Gasteiger charge is -1.88. The molecule has 3 N–H and O–H groups in total. The summed E-state index contributed by atoms with van der Waals surface area (Å²) < 4.78 is 0. The molecule has 2 aromatic heterocycles. The van der Waals surface area contributed by atoms with E-state index in [9.17, 15) is 9.59 Å². The van der Waals surface area contributed by atoms with Crippen LogP contribution in [0.25, 0.3) is 17.1 Å². The lowest BCUT2D eigenvalue weighted by atomic mass is 10.2. The highest BCUT2D eigenvalue weighted by Gasteiger charge is 2.07. The molecule has 2 heterocycles. The van der Waals surface area contributed by atoms with Crippen LogP contribution in [-0.2, 0) is 4.79 Å². The number of aromatic nitrogens is 4. The maximum Gasteiger partial charge on any atom is 0.307 e. The Bertz CT molecular complexity index is 610. The third-order valence-electron chi connectivity index (χ3n) is 1.96. The number of rotatable bonds is 3. The van der Waals surface area contributed by atoms with Crippen molar-refractivity contribution in [3.05, 3.63) is 28.5 Å². The highest BCUT2D eigenvalue weighted by Crippen LogP contribution is 2.09. The minimum Gasteiger partial charge on any atom is -0.481 e. The average Bonchev–Trinajstić information content (AvgIpc) is 2.62. The fraction of sp³-hybridized carbons (Fsp3) is 0.111. The van der Waals surface area contributed by atoms with Crippen LogP contribution in [0.15, 0.2) is 17.2 Å². The summed E-state index contributed by atoms with van der Waals surface area (Å²) in [6.07, 6.45) is 4.08. The summed E-state index contributed by atoms with van der Waals surface area (Å²) in [7, 11) is 0. The average molecular weight is 220 g/mol. The normalized spacial score (nSPS) is 11.2. The molecule has 0 spiro atoms. The van der Waals surface area contributed by atoms with Gasteiger partial charge in [-0.15, -0.1) is 0 Å². The molecule has 0 saturated carbocycles. The van der Waals surface area contributed by atoms with E-state index < -0.39 is 5.97 Å². The first kappa shape index (κ1) is 10.1. The van der Waals surface area contributed by atoms with E-state index in [1.165, 1.54) is 18.5 Å². The lowest BCUT2D eigenvalue weighted by Crippen LogP contribution is -2.05. The molecule has 7 nitrogen and oxygen atoms in total. The summed E-state index contributed by atoms with van der Waals surface area (Å²) in [6, 6.07) is 0. The van der Waals surface area contributed by atoms with Crippen molar-refractivity contribution >= 4 is 23.1 Å². The van der Waals surface area contributed by atoms with Crippen molar-refractivity contribution in [3.63, 3.8) is 0 Å². The van der Waals surface area contributed by atoms with Crippen molar-refractivity contribution in [2.45, 2.75) is 6.42 Å². The van der Waals surface area contributed by atoms with Crippen LogP contribution in [0, 0.1) is 0 Å². The van der Waals surface area contributed by atoms with Crippen LogP contribution in [0.5, 0.6) is 0 Å². The zero-order valence-electron chi connectivity index (χ0n) is 8.10. The van der Waals surface area contributed by atoms with E-state index in [1.807, 2.05) is 0 Å². The molecule has 0 bridgehead atoms. The Hall–Kier alpha value is -2.44. The molecular formula is C9H8N4O3. The number of fused-ring (bicyclic) bond motifs is 1. The summed E-state index contributed by atoms with van der Waals surface area (Å²) in [6.45, 7) is 0. The molecule has 0 radical (unpaired) electrons. The van der Waals surface area contributed by atoms with Gasteiger partial charge in [-0.1, -0.05) is 6.08 Å². The Balaban J connectivity index is 2.42. The molecule has 0 aliphatic rings. The lowest BCUT2D eigenvalue weighted by molar-refractivity contribution is -0.135. The third kappa shape index (κ3) is 1.83. The van der Waals surface area contributed by atoms with Gasteiger partial charge < -0.3 is 10.1 Å². The Labute approximate surface area is 88.8 Å². The van der Waals surface area contributed by atoms with E-state index in [-0.39, 0.29) is 12.0 Å². The summed E-state index contributed by atoms with van der Waals surface area (Å²) >= 11 is 0.